The van der Waals surface area contributed by atoms with Crippen LogP contribution < -0.4 is 21.5 Å². The molecule has 0 fully saturated rings. The topological polar surface area (TPSA) is 127 Å². The van der Waals surface area contributed by atoms with Crippen LogP contribution in [0.15, 0.2) is 29.2 Å². The summed E-state index contributed by atoms with van der Waals surface area (Å²) in [7, 11) is -3.66. The molecule has 6 N–H and O–H groups in total. The van der Waals surface area contributed by atoms with E-state index in [-0.39, 0.29) is 23.7 Å². The molecule has 0 aliphatic carbocycles. The predicted molar refractivity (Wildman–Crippen MR) is 63.6 cm³/mol. The maximum atomic E-state index is 11.8. The maximum absolute atomic E-state index is 11.8. The smallest absolute Gasteiger partial charge is 0.312 e. The van der Waals surface area contributed by atoms with Gasteiger partial charge in [-0.3, -0.25) is 0 Å². The fourth-order valence-electron chi connectivity index (χ4n) is 1.17. The van der Waals surface area contributed by atoms with E-state index in [1.807, 2.05) is 0 Å². The van der Waals surface area contributed by atoms with Crippen molar-refractivity contribution in [3.8, 4) is 0 Å². The van der Waals surface area contributed by atoms with Crippen molar-refractivity contribution in [3.05, 3.63) is 24.3 Å². The zero-order chi connectivity index (χ0) is 12.9. The lowest BCUT2D eigenvalue weighted by atomic mass is 10.3. The van der Waals surface area contributed by atoms with E-state index in [1.54, 1.807) is 12.1 Å². The highest BCUT2D eigenvalue weighted by Gasteiger charge is 2.15. The summed E-state index contributed by atoms with van der Waals surface area (Å²) in [6.07, 6.45) is 0. The van der Waals surface area contributed by atoms with Gasteiger partial charge in [0.25, 0.3) is 0 Å². The van der Waals surface area contributed by atoms with Crippen LogP contribution in [0.5, 0.6) is 0 Å². The summed E-state index contributed by atoms with van der Waals surface area (Å²) in [5.41, 5.74) is 10.5. The van der Waals surface area contributed by atoms with Crippen molar-refractivity contribution in [2.24, 2.45) is 5.73 Å². The predicted octanol–water partition coefficient (Wildman–Crippen LogP) is -0.785. The number of para-hydroxylation sites is 1. The van der Waals surface area contributed by atoms with Crippen molar-refractivity contribution in [1.82, 2.24) is 10.0 Å². The Morgan fingerprint density at radius 1 is 1.24 bits per heavy atom. The summed E-state index contributed by atoms with van der Waals surface area (Å²) in [5.74, 6) is 0. The van der Waals surface area contributed by atoms with Crippen LogP contribution in [0.4, 0.5) is 10.5 Å². The van der Waals surface area contributed by atoms with Gasteiger partial charge in [-0.15, -0.1) is 0 Å². The molecule has 0 spiro atoms. The van der Waals surface area contributed by atoms with E-state index in [0.717, 1.165) is 0 Å². The zero-order valence-electron chi connectivity index (χ0n) is 9.01. The number of sulfonamides is 1. The van der Waals surface area contributed by atoms with E-state index in [0.29, 0.717) is 0 Å². The van der Waals surface area contributed by atoms with Gasteiger partial charge in [0, 0.05) is 13.1 Å². The van der Waals surface area contributed by atoms with Crippen LogP contribution in [0.2, 0.25) is 0 Å². The Morgan fingerprint density at radius 2 is 1.88 bits per heavy atom. The van der Waals surface area contributed by atoms with Crippen LogP contribution in [-0.2, 0) is 10.0 Å². The van der Waals surface area contributed by atoms with Gasteiger partial charge in [-0.25, -0.2) is 17.9 Å². The number of carbonyl (C=O) groups excluding carboxylic acids is 1. The lowest BCUT2D eigenvalue weighted by molar-refractivity contribution is 0.249. The molecule has 0 aliphatic rings. The molecule has 0 aliphatic heterocycles. The number of benzene rings is 1. The summed E-state index contributed by atoms with van der Waals surface area (Å²) in [5, 5.41) is 2.26. The van der Waals surface area contributed by atoms with Gasteiger partial charge in [-0.05, 0) is 12.1 Å². The van der Waals surface area contributed by atoms with Crippen LogP contribution in [0.3, 0.4) is 0 Å². The highest BCUT2D eigenvalue weighted by molar-refractivity contribution is 7.89. The molecule has 8 heteroatoms. The molecule has 0 aromatic heterocycles. The number of primary amides is 1. The fraction of sp³-hybridized carbons (Fsp3) is 0.222. The third-order valence-electron chi connectivity index (χ3n) is 1.92. The van der Waals surface area contributed by atoms with Crippen LogP contribution >= 0.6 is 0 Å². The van der Waals surface area contributed by atoms with Crippen molar-refractivity contribution in [2.45, 2.75) is 4.90 Å². The van der Waals surface area contributed by atoms with Gasteiger partial charge in [0.15, 0.2) is 0 Å². The maximum Gasteiger partial charge on any atom is 0.312 e. The standard InChI is InChI=1S/C9H14N4O3S/c10-7-3-1-2-4-8(7)17(15,16)13-6-5-12-9(11)14/h1-4,13H,5-6,10H2,(H3,11,12,14). The number of hydrogen-bond donors (Lipinski definition) is 4. The summed E-state index contributed by atoms with van der Waals surface area (Å²) in [6.45, 7) is 0.154. The Hall–Kier alpha value is -1.80. The van der Waals surface area contributed by atoms with E-state index >= 15 is 0 Å². The van der Waals surface area contributed by atoms with Crippen LogP contribution in [0.25, 0.3) is 0 Å². The molecule has 1 aromatic rings. The molecular weight excluding hydrogens is 244 g/mol. The lowest BCUT2D eigenvalue weighted by Gasteiger charge is -2.08. The molecule has 0 bridgehead atoms. The van der Waals surface area contributed by atoms with Crippen molar-refractivity contribution in [3.63, 3.8) is 0 Å². The second-order valence-corrected chi connectivity index (χ2v) is 4.96. The molecule has 2 amide bonds. The van der Waals surface area contributed by atoms with Crippen molar-refractivity contribution in [1.29, 1.82) is 0 Å². The fourth-order valence-corrected chi connectivity index (χ4v) is 2.34. The summed E-state index contributed by atoms with van der Waals surface area (Å²) in [4.78, 5) is 10.4. The largest absolute Gasteiger partial charge is 0.398 e. The normalized spacial score (nSPS) is 11.1. The number of carbonyl (C=O) groups is 1. The van der Waals surface area contributed by atoms with E-state index in [2.05, 4.69) is 10.0 Å². The number of hydrogen-bond acceptors (Lipinski definition) is 4. The quantitative estimate of drug-likeness (QED) is 0.408. The molecule has 0 radical (unpaired) electrons. The van der Waals surface area contributed by atoms with Gasteiger partial charge in [-0.1, -0.05) is 12.1 Å². The highest BCUT2D eigenvalue weighted by atomic mass is 32.2. The first-order valence-electron chi connectivity index (χ1n) is 4.81. The number of rotatable bonds is 5. The van der Waals surface area contributed by atoms with Gasteiger partial charge in [0.1, 0.15) is 4.90 Å². The molecule has 0 saturated heterocycles. The number of urea groups is 1. The second-order valence-electron chi connectivity index (χ2n) is 3.23. The number of nitrogen functional groups attached to an aromatic ring is 1. The number of anilines is 1. The van der Waals surface area contributed by atoms with Gasteiger partial charge >= 0.3 is 6.03 Å². The minimum Gasteiger partial charge on any atom is -0.398 e. The van der Waals surface area contributed by atoms with Gasteiger partial charge in [-0.2, -0.15) is 0 Å². The lowest BCUT2D eigenvalue weighted by Crippen LogP contribution is -2.37. The first kappa shape index (κ1) is 13.3. The highest BCUT2D eigenvalue weighted by Crippen LogP contribution is 2.16. The average Bonchev–Trinajstić information content (AvgIpc) is 2.24. The Balaban J connectivity index is 2.64. The van der Waals surface area contributed by atoms with Crippen molar-refractivity contribution >= 4 is 21.7 Å². The Kier molecular flexibility index (Phi) is 4.30. The van der Waals surface area contributed by atoms with Crippen LogP contribution in [0.1, 0.15) is 0 Å². The Labute approximate surface area is 99.2 Å². The Morgan fingerprint density at radius 3 is 2.47 bits per heavy atom. The number of nitrogens with one attached hydrogen (secondary N) is 2. The Bertz CT molecular complexity index is 501. The average molecular weight is 258 g/mol. The van der Waals surface area contributed by atoms with E-state index in [9.17, 15) is 13.2 Å². The second kappa shape index (κ2) is 5.51. The number of nitrogens with two attached hydrogens (primary N) is 2. The molecule has 0 heterocycles. The summed E-state index contributed by atoms with van der Waals surface area (Å²) >= 11 is 0. The van der Waals surface area contributed by atoms with Gasteiger partial charge in [0.2, 0.25) is 10.0 Å². The molecule has 0 atom stereocenters. The molecule has 0 saturated carbocycles. The van der Waals surface area contributed by atoms with E-state index < -0.39 is 16.1 Å². The van der Waals surface area contributed by atoms with Crippen LogP contribution in [-0.4, -0.2) is 27.5 Å². The van der Waals surface area contributed by atoms with Gasteiger partial charge in [0.05, 0.1) is 5.69 Å². The third kappa shape index (κ3) is 3.93. The summed E-state index contributed by atoms with van der Waals surface area (Å²) < 4.78 is 25.8. The molecule has 1 aromatic carbocycles. The number of amides is 2. The third-order valence-corrected chi connectivity index (χ3v) is 3.46. The van der Waals surface area contributed by atoms with E-state index in [4.69, 9.17) is 11.5 Å². The molecule has 1 rings (SSSR count). The molecular formula is C9H14N4O3S. The molecule has 94 valence electrons. The van der Waals surface area contributed by atoms with Gasteiger partial charge < -0.3 is 16.8 Å². The monoisotopic (exact) mass is 258 g/mol. The van der Waals surface area contributed by atoms with Crippen molar-refractivity contribution in [2.75, 3.05) is 18.8 Å². The minimum atomic E-state index is -3.66. The minimum absolute atomic E-state index is 0.0130. The van der Waals surface area contributed by atoms with Crippen LogP contribution in [0, 0.1) is 0 Å². The first-order chi connectivity index (χ1) is 7.93. The molecule has 0 unspecified atom stereocenters. The van der Waals surface area contributed by atoms with Crippen molar-refractivity contribution < 1.29 is 13.2 Å². The first-order valence-corrected chi connectivity index (χ1v) is 6.29. The zero-order valence-corrected chi connectivity index (χ0v) is 9.83. The summed E-state index contributed by atoms with van der Waals surface area (Å²) in [6, 6.07) is 5.41. The molecule has 17 heavy (non-hydrogen) atoms. The SMILES string of the molecule is NC(=O)NCCNS(=O)(=O)c1ccccc1N. The van der Waals surface area contributed by atoms with E-state index in [1.165, 1.54) is 12.1 Å². The molecule has 7 nitrogen and oxygen atoms in total.